The van der Waals surface area contributed by atoms with Gasteiger partial charge in [-0.1, -0.05) is 39.0 Å². The van der Waals surface area contributed by atoms with E-state index in [2.05, 4.69) is 36.3 Å². The number of aromatic nitrogens is 2. The van der Waals surface area contributed by atoms with Gasteiger partial charge in [0.15, 0.2) is 0 Å². The largest absolute Gasteiger partial charge is 0.272 e. The van der Waals surface area contributed by atoms with Crippen molar-refractivity contribution in [3.05, 3.63) is 60.4 Å². The van der Waals surface area contributed by atoms with Crippen molar-refractivity contribution in [2.75, 3.05) is 0 Å². The minimum absolute atomic E-state index is 0.211. The summed E-state index contributed by atoms with van der Waals surface area (Å²) in [6.07, 6.45) is 6.51. The molecule has 0 bridgehead atoms. The maximum Gasteiger partial charge on any atom is 0.272 e. The minimum Gasteiger partial charge on any atom is -0.267 e. The quantitative estimate of drug-likeness (QED) is 0.627. The molecule has 4 rings (SSSR count). The molecule has 2 aromatic heterocycles. The second-order valence-electron chi connectivity index (χ2n) is 8.79. The van der Waals surface area contributed by atoms with E-state index < -0.39 is 0 Å². The highest BCUT2D eigenvalue weighted by Crippen LogP contribution is 2.36. The number of benzene rings is 1. The summed E-state index contributed by atoms with van der Waals surface area (Å²) >= 11 is 0. The Morgan fingerprint density at radius 3 is 2.79 bits per heavy atom. The number of fused-ring (bicyclic) bond motifs is 1. The number of hydrazone groups is 1. The van der Waals surface area contributed by atoms with Gasteiger partial charge in [0.05, 0.1) is 16.8 Å². The third kappa shape index (κ3) is 4.34. The molecule has 0 unspecified atom stereocenters. The molecule has 1 aromatic carbocycles. The maximum atomic E-state index is 13.1. The van der Waals surface area contributed by atoms with Gasteiger partial charge in [-0.2, -0.15) is 5.10 Å². The zero-order valence-electron chi connectivity index (χ0n) is 17.1. The van der Waals surface area contributed by atoms with Gasteiger partial charge >= 0.3 is 0 Å². The SMILES string of the molecule is C[C@H]1C/C(=N/NC(=O)c2cc(-c3cccnc3)nc3ccccc23)CC(C)(C)C1. The van der Waals surface area contributed by atoms with Crippen LogP contribution in [0.5, 0.6) is 0 Å². The number of para-hydroxylation sites is 1. The molecule has 1 atom stereocenters. The van der Waals surface area contributed by atoms with Gasteiger partial charge in [-0.25, -0.2) is 10.4 Å². The standard InChI is InChI=1S/C24H26N4O/c1-16-11-18(14-24(2,3)13-16)27-28-23(29)20-12-22(17-7-6-10-25-15-17)26-21-9-5-4-8-19(20)21/h4-10,12,15-16H,11,13-14H2,1-3H3,(H,28,29)/b27-18-/t16-/m0/s1. The van der Waals surface area contributed by atoms with E-state index in [1.54, 1.807) is 12.4 Å². The van der Waals surface area contributed by atoms with Crippen molar-refractivity contribution in [2.45, 2.75) is 40.0 Å². The molecular formula is C24H26N4O. The lowest BCUT2D eigenvalue weighted by Crippen LogP contribution is -2.30. The summed E-state index contributed by atoms with van der Waals surface area (Å²) in [5, 5.41) is 5.31. The van der Waals surface area contributed by atoms with Crippen LogP contribution in [0.2, 0.25) is 0 Å². The molecule has 1 aliphatic carbocycles. The first-order chi connectivity index (χ1) is 13.9. The van der Waals surface area contributed by atoms with E-state index in [1.165, 1.54) is 6.42 Å². The van der Waals surface area contributed by atoms with Gasteiger partial charge < -0.3 is 0 Å². The number of nitrogens with one attached hydrogen (secondary N) is 1. The van der Waals surface area contributed by atoms with E-state index >= 15 is 0 Å². The first-order valence-electron chi connectivity index (χ1n) is 10.1. The van der Waals surface area contributed by atoms with Crippen LogP contribution in [0.15, 0.2) is 60.0 Å². The van der Waals surface area contributed by atoms with Gasteiger partial charge in [0.2, 0.25) is 0 Å². The second-order valence-corrected chi connectivity index (χ2v) is 8.79. The molecule has 1 amide bonds. The number of pyridine rings is 2. The van der Waals surface area contributed by atoms with Gasteiger partial charge in [-0.15, -0.1) is 0 Å². The van der Waals surface area contributed by atoms with Gasteiger partial charge in [0.25, 0.3) is 5.91 Å². The van der Waals surface area contributed by atoms with E-state index in [0.717, 1.165) is 40.7 Å². The average Bonchev–Trinajstić information content (AvgIpc) is 2.70. The average molecular weight is 386 g/mol. The van der Waals surface area contributed by atoms with Crippen molar-refractivity contribution in [1.29, 1.82) is 0 Å². The Balaban J connectivity index is 1.67. The normalized spacial score (nSPS) is 20.0. The molecule has 1 saturated carbocycles. The van der Waals surface area contributed by atoms with Crippen molar-refractivity contribution in [3.8, 4) is 11.3 Å². The number of hydrogen-bond acceptors (Lipinski definition) is 4. The van der Waals surface area contributed by atoms with Crippen LogP contribution in [-0.4, -0.2) is 21.6 Å². The first-order valence-corrected chi connectivity index (χ1v) is 10.1. The van der Waals surface area contributed by atoms with Crippen molar-refractivity contribution in [2.24, 2.45) is 16.4 Å². The summed E-state index contributed by atoms with van der Waals surface area (Å²) in [5.41, 5.74) is 7.04. The first kappa shape index (κ1) is 19.2. The molecule has 5 nitrogen and oxygen atoms in total. The molecule has 1 fully saturated rings. The van der Waals surface area contributed by atoms with E-state index in [4.69, 9.17) is 4.98 Å². The number of rotatable bonds is 3. The molecule has 1 aliphatic rings. The molecule has 2 heterocycles. The molecule has 0 aliphatic heterocycles. The highest BCUT2D eigenvalue weighted by atomic mass is 16.2. The zero-order chi connectivity index (χ0) is 20.4. The second kappa shape index (κ2) is 7.74. The monoisotopic (exact) mass is 386 g/mol. The summed E-state index contributed by atoms with van der Waals surface area (Å²) < 4.78 is 0. The van der Waals surface area contributed by atoms with Gasteiger partial charge in [0, 0.05) is 29.1 Å². The highest BCUT2D eigenvalue weighted by Gasteiger charge is 2.29. The van der Waals surface area contributed by atoms with Crippen LogP contribution in [0.25, 0.3) is 22.2 Å². The lowest BCUT2D eigenvalue weighted by Gasteiger charge is -2.34. The number of carbonyl (C=O) groups is 1. The number of hydrogen-bond donors (Lipinski definition) is 1. The molecule has 1 N–H and O–H groups in total. The zero-order valence-corrected chi connectivity index (χ0v) is 17.1. The van der Waals surface area contributed by atoms with Crippen molar-refractivity contribution in [1.82, 2.24) is 15.4 Å². The maximum absolute atomic E-state index is 13.1. The van der Waals surface area contributed by atoms with E-state index in [1.807, 2.05) is 42.5 Å². The van der Waals surface area contributed by atoms with Crippen molar-refractivity contribution >= 4 is 22.5 Å². The molecular weight excluding hydrogens is 360 g/mol. The van der Waals surface area contributed by atoms with Gasteiger partial charge in [0.1, 0.15) is 0 Å². The molecule has 3 aromatic rings. The van der Waals surface area contributed by atoms with Crippen LogP contribution < -0.4 is 5.43 Å². The fraction of sp³-hybridized carbons (Fsp3) is 0.333. The Morgan fingerprint density at radius 1 is 1.21 bits per heavy atom. The van der Waals surface area contributed by atoms with Crippen molar-refractivity contribution < 1.29 is 4.79 Å². The Hall–Kier alpha value is -3.08. The van der Waals surface area contributed by atoms with E-state index in [0.29, 0.717) is 11.5 Å². The Bertz CT molecular complexity index is 1070. The Labute approximate surface area is 171 Å². The van der Waals surface area contributed by atoms with Crippen LogP contribution in [0.4, 0.5) is 0 Å². The Kier molecular flexibility index (Phi) is 5.14. The molecule has 0 spiro atoms. The lowest BCUT2D eigenvalue weighted by atomic mass is 9.72. The fourth-order valence-electron chi connectivity index (χ4n) is 4.42. The smallest absolute Gasteiger partial charge is 0.267 e. The summed E-state index contributed by atoms with van der Waals surface area (Å²) in [6.45, 7) is 6.77. The topological polar surface area (TPSA) is 67.2 Å². The van der Waals surface area contributed by atoms with Crippen LogP contribution >= 0.6 is 0 Å². The summed E-state index contributed by atoms with van der Waals surface area (Å²) in [5.74, 6) is 0.366. The molecule has 5 heteroatoms. The number of carbonyl (C=O) groups excluding carboxylic acids is 1. The van der Waals surface area contributed by atoms with Gasteiger partial charge in [-0.05, 0) is 54.9 Å². The number of amides is 1. The fourth-order valence-corrected chi connectivity index (χ4v) is 4.42. The molecule has 0 radical (unpaired) electrons. The highest BCUT2D eigenvalue weighted by molar-refractivity contribution is 6.07. The third-order valence-corrected chi connectivity index (χ3v) is 5.40. The predicted molar refractivity (Wildman–Crippen MR) is 117 cm³/mol. The van der Waals surface area contributed by atoms with E-state index in [9.17, 15) is 4.79 Å². The summed E-state index contributed by atoms with van der Waals surface area (Å²) in [7, 11) is 0. The predicted octanol–water partition coefficient (Wildman–Crippen LogP) is 5.23. The Morgan fingerprint density at radius 2 is 2.03 bits per heavy atom. The summed E-state index contributed by atoms with van der Waals surface area (Å²) in [4.78, 5) is 21.9. The molecule has 148 valence electrons. The summed E-state index contributed by atoms with van der Waals surface area (Å²) in [6, 6.07) is 13.3. The molecule has 0 saturated heterocycles. The van der Waals surface area contributed by atoms with Crippen molar-refractivity contribution in [3.63, 3.8) is 0 Å². The van der Waals surface area contributed by atoms with Crippen LogP contribution in [0, 0.1) is 11.3 Å². The van der Waals surface area contributed by atoms with Crippen LogP contribution in [-0.2, 0) is 0 Å². The van der Waals surface area contributed by atoms with Crippen LogP contribution in [0.3, 0.4) is 0 Å². The van der Waals surface area contributed by atoms with E-state index in [-0.39, 0.29) is 11.3 Å². The minimum atomic E-state index is -0.211. The van der Waals surface area contributed by atoms with Crippen LogP contribution in [0.1, 0.15) is 50.4 Å². The lowest BCUT2D eigenvalue weighted by molar-refractivity contribution is 0.0955. The van der Waals surface area contributed by atoms with Gasteiger partial charge in [-0.3, -0.25) is 9.78 Å². The molecule has 29 heavy (non-hydrogen) atoms. The number of nitrogens with zero attached hydrogens (tertiary/aromatic N) is 3. The third-order valence-electron chi connectivity index (χ3n) is 5.40.